The third kappa shape index (κ3) is 3.39. The van der Waals surface area contributed by atoms with Crippen LogP contribution in [0.15, 0.2) is 67.1 Å². The standard InChI is InChI=1S/C18H16N2O/c21-17-5-3-14(4-6-17)12-16(18-2-1-9-20-18)13-15-7-10-19-11-8-15/h1-11,13,20-21H,12H2. The maximum Gasteiger partial charge on any atom is 0.115 e. The number of hydrogen-bond acceptors (Lipinski definition) is 2. The lowest BCUT2D eigenvalue weighted by molar-refractivity contribution is 0.475. The van der Waals surface area contributed by atoms with Crippen LogP contribution in [0, 0.1) is 0 Å². The summed E-state index contributed by atoms with van der Waals surface area (Å²) in [5, 5.41) is 9.38. The summed E-state index contributed by atoms with van der Waals surface area (Å²) >= 11 is 0. The van der Waals surface area contributed by atoms with Crippen LogP contribution in [-0.4, -0.2) is 15.1 Å². The molecular weight excluding hydrogens is 260 g/mol. The van der Waals surface area contributed by atoms with Crippen molar-refractivity contribution < 1.29 is 5.11 Å². The molecule has 0 fully saturated rings. The minimum absolute atomic E-state index is 0.290. The quantitative estimate of drug-likeness (QED) is 0.759. The van der Waals surface area contributed by atoms with Crippen molar-refractivity contribution in [1.82, 2.24) is 9.97 Å². The van der Waals surface area contributed by atoms with Gasteiger partial charge >= 0.3 is 0 Å². The van der Waals surface area contributed by atoms with Crippen molar-refractivity contribution in [1.29, 1.82) is 0 Å². The van der Waals surface area contributed by atoms with Gasteiger partial charge in [-0.15, -0.1) is 0 Å². The lowest BCUT2D eigenvalue weighted by Crippen LogP contribution is -1.91. The molecule has 3 heteroatoms. The molecule has 2 heterocycles. The smallest absolute Gasteiger partial charge is 0.115 e. The number of phenols is 1. The van der Waals surface area contributed by atoms with Gasteiger partial charge in [0.2, 0.25) is 0 Å². The van der Waals surface area contributed by atoms with E-state index >= 15 is 0 Å². The van der Waals surface area contributed by atoms with Gasteiger partial charge in [-0.05, 0) is 65.6 Å². The second-order valence-electron chi connectivity index (χ2n) is 4.88. The summed E-state index contributed by atoms with van der Waals surface area (Å²) in [5.41, 5.74) is 4.56. The van der Waals surface area contributed by atoms with Gasteiger partial charge in [-0.2, -0.15) is 0 Å². The van der Waals surface area contributed by atoms with Crippen molar-refractivity contribution >= 4 is 11.6 Å². The molecule has 3 aromatic rings. The predicted molar refractivity (Wildman–Crippen MR) is 84.7 cm³/mol. The highest BCUT2D eigenvalue weighted by atomic mass is 16.3. The van der Waals surface area contributed by atoms with E-state index in [1.807, 2.05) is 36.5 Å². The Hall–Kier alpha value is -2.81. The summed E-state index contributed by atoms with van der Waals surface area (Å²) in [4.78, 5) is 7.30. The van der Waals surface area contributed by atoms with E-state index in [1.54, 1.807) is 24.5 Å². The van der Waals surface area contributed by atoms with Gasteiger partial charge in [-0.25, -0.2) is 0 Å². The molecule has 3 nitrogen and oxygen atoms in total. The van der Waals surface area contributed by atoms with Crippen LogP contribution >= 0.6 is 0 Å². The zero-order valence-electron chi connectivity index (χ0n) is 11.5. The van der Waals surface area contributed by atoms with Crippen LogP contribution < -0.4 is 0 Å². The molecule has 0 radical (unpaired) electrons. The van der Waals surface area contributed by atoms with E-state index in [2.05, 4.69) is 22.1 Å². The number of hydrogen-bond donors (Lipinski definition) is 2. The molecule has 0 spiro atoms. The summed E-state index contributed by atoms with van der Waals surface area (Å²) < 4.78 is 0. The normalized spacial score (nSPS) is 11.5. The monoisotopic (exact) mass is 276 g/mol. The van der Waals surface area contributed by atoms with E-state index in [4.69, 9.17) is 0 Å². The van der Waals surface area contributed by atoms with Gasteiger partial charge in [-0.3, -0.25) is 4.98 Å². The van der Waals surface area contributed by atoms with Crippen LogP contribution in [0.1, 0.15) is 16.8 Å². The molecule has 0 aliphatic rings. The number of benzene rings is 1. The molecule has 104 valence electrons. The lowest BCUT2D eigenvalue weighted by atomic mass is 10.0. The van der Waals surface area contributed by atoms with Gasteiger partial charge in [0.15, 0.2) is 0 Å². The Morgan fingerprint density at radius 3 is 2.48 bits per heavy atom. The average Bonchev–Trinajstić information content (AvgIpc) is 3.04. The van der Waals surface area contributed by atoms with Crippen molar-refractivity contribution in [3.8, 4) is 5.75 Å². The number of pyridine rings is 1. The highest BCUT2D eigenvalue weighted by molar-refractivity contribution is 5.81. The lowest BCUT2D eigenvalue weighted by Gasteiger charge is -2.07. The van der Waals surface area contributed by atoms with Crippen LogP contribution in [0.4, 0.5) is 0 Å². The number of aromatic nitrogens is 2. The minimum Gasteiger partial charge on any atom is -0.508 e. The number of aromatic amines is 1. The largest absolute Gasteiger partial charge is 0.508 e. The summed E-state index contributed by atoms with van der Waals surface area (Å²) in [6.07, 6.45) is 8.45. The van der Waals surface area contributed by atoms with Crippen molar-refractivity contribution in [3.63, 3.8) is 0 Å². The first-order chi connectivity index (χ1) is 10.3. The average molecular weight is 276 g/mol. The second kappa shape index (κ2) is 6.09. The van der Waals surface area contributed by atoms with Gasteiger partial charge in [0.25, 0.3) is 0 Å². The highest BCUT2D eigenvalue weighted by Crippen LogP contribution is 2.22. The molecule has 0 amide bonds. The van der Waals surface area contributed by atoms with Crippen LogP contribution in [-0.2, 0) is 6.42 Å². The number of phenolic OH excluding ortho intramolecular Hbond substituents is 1. The number of nitrogens with zero attached hydrogens (tertiary/aromatic N) is 1. The Balaban J connectivity index is 1.93. The molecule has 0 aliphatic heterocycles. The number of nitrogens with one attached hydrogen (secondary N) is 1. The molecule has 3 rings (SSSR count). The van der Waals surface area contributed by atoms with Crippen molar-refractivity contribution in [2.45, 2.75) is 6.42 Å². The zero-order valence-corrected chi connectivity index (χ0v) is 11.5. The van der Waals surface area contributed by atoms with Gasteiger partial charge in [-0.1, -0.05) is 12.1 Å². The Labute approximate surface area is 123 Å². The first-order valence-corrected chi connectivity index (χ1v) is 6.83. The SMILES string of the molecule is Oc1ccc(CC(=Cc2ccncc2)c2ccc[nH]2)cc1. The molecule has 1 aromatic carbocycles. The first-order valence-electron chi connectivity index (χ1n) is 6.83. The predicted octanol–water partition coefficient (Wildman–Crippen LogP) is 3.90. The van der Waals surface area contributed by atoms with E-state index in [9.17, 15) is 5.11 Å². The van der Waals surface area contributed by atoms with Crippen molar-refractivity contribution in [3.05, 3.63) is 83.9 Å². The molecule has 2 aromatic heterocycles. The third-order valence-corrected chi connectivity index (χ3v) is 3.32. The molecule has 0 aliphatic carbocycles. The summed E-state index contributed by atoms with van der Waals surface area (Å²) in [7, 11) is 0. The minimum atomic E-state index is 0.290. The summed E-state index contributed by atoms with van der Waals surface area (Å²) in [6.45, 7) is 0. The fourth-order valence-electron chi connectivity index (χ4n) is 2.25. The van der Waals surface area contributed by atoms with E-state index in [1.165, 1.54) is 5.57 Å². The molecular formula is C18H16N2O. The first kappa shape index (κ1) is 13.2. The molecule has 0 unspecified atom stereocenters. The van der Waals surface area contributed by atoms with E-state index < -0.39 is 0 Å². The fourth-order valence-corrected chi connectivity index (χ4v) is 2.25. The van der Waals surface area contributed by atoms with Crippen LogP contribution in [0.2, 0.25) is 0 Å². The van der Waals surface area contributed by atoms with Crippen molar-refractivity contribution in [2.75, 3.05) is 0 Å². The Morgan fingerprint density at radius 1 is 1.05 bits per heavy atom. The summed E-state index contributed by atoms with van der Waals surface area (Å²) in [6, 6.07) is 15.3. The molecule has 21 heavy (non-hydrogen) atoms. The topological polar surface area (TPSA) is 48.9 Å². The van der Waals surface area contributed by atoms with E-state index in [0.29, 0.717) is 5.75 Å². The molecule has 0 bridgehead atoms. The third-order valence-electron chi connectivity index (χ3n) is 3.32. The number of allylic oxidation sites excluding steroid dienone is 1. The number of rotatable bonds is 4. The summed E-state index contributed by atoms with van der Waals surface area (Å²) in [5.74, 6) is 0.290. The Bertz CT molecular complexity index is 714. The Morgan fingerprint density at radius 2 is 1.81 bits per heavy atom. The number of H-pyrrole nitrogens is 1. The van der Waals surface area contributed by atoms with Crippen LogP contribution in [0.3, 0.4) is 0 Å². The second-order valence-corrected chi connectivity index (χ2v) is 4.88. The molecule has 0 atom stereocenters. The van der Waals surface area contributed by atoms with E-state index in [-0.39, 0.29) is 0 Å². The molecule has 0 saturated carbocycles. The maximum atomic E-state index is 9.38. The van der Waals surface area contributed by atoms with Crippen LogP contribution in [0.5, 0.6) is 5.75 Å². The maximum absolute atomic E-state index is 9.38. The zero-order chi connectivity index (χ0) is 14.5. The van der Waals surface area contributed by atoms with Gasteiger partial charge in [0.05, 0.1) is 0 Å². The van der Waals surface area contributed by atoms with E-state index in [0.717, 1.165) is 23.2 Å². The van der Waals surface area contributed by atoms with Gasteiger partial charge in [0, 0.05) is 24.3 Å². The highest BCUT2D eigenvalue weighted by Gasteiger charge is 2.05. The fraction of sp³-hybridized carbons (Fsp3) is 0.0556. The molecule has 0 saturated heterocycles. The van der Waals surface area contributed by atoms with Gasteiger partial charge in [0.1, 0.15) is 5.75 Å². The van der Waals surface area contributed by atoms with Crippen molar-refractivity contribution in [2.24, 2.45) is 0 Å². The number of aromatic hydroxyl groups is 1. The van der Waals surface area contributed by atoms with Crippen LogP contribution in [0.25, 0.3) is 11.6 Å². The molecule has 2 N–H and O–H groups in total. The Kier molecular flexibility index (Phi) is 3.83. The van der Waals surface area contributed by atoms with Gasteiger partial charge < -0.3 is 10.1 Å².